The van der Waals surface area contributed by atoms with E-state index < -0.39 is 0 Å². The van der Waals surface area contributed by atoms with Crippen molar-refractivity contribution in [2.24, 2.45) is 0 Å². The summed E-state index contributed by atoms with van der Waals surface area (Å²) in [4.78, 5) is 49.3. The van der Waals surface area contributed by atoms with Gasteiger partial charge in [-0.25, -0.2) is 0 Å². The monoisotopic (exact) mass is 706 g/mol. The van der Waals surface area contributed by atoms with Crippen LogP contribution in [0.2, 0.25) is 0 Å². The van der Waals surface area contributed by atoms with E-state index in [0.29, 0.717) is 122 Å². The number of hydrogen-bond donors (Lipinski definition) is 4. The van der Waals surface area contributed by atoms with Crippen molar-refractivity contribution in [1.29, 1.82) is 0 Å². The van der Waals surface area contributed by atoms with E-state index in [9.17, 15) is 19.2 Å². The highest BCUT2D eigenvalue weighted by Gasteiger charge is 2.18. The van der Waals surface area contributed by atoms with Gasteiger partial charge in [-0.2, -0.15) is 11.8 Å². The van der Waals surface area contributed by atoms with Gasteiger partial charge in [-0.1, -0.05) is 0 Å². The molecule has 0 saturated heterocycles. The van der Waals surface area contributed by atoms with E-state index in [2.05, 4.69) is 21.3 Å². The second-order valence-corrected chi connectivity index (χ2v) is 11.8. The van der Waals surface area contributed by atoms with Crippen LogP contribution in [-0.4, -0.2) is 104 Å². The number of thioether (sulfide) groups is 1. The Balaban J connectivity index is 1.48. The molecule has 0 aliphatic heterocycles. The SMILES string of the molecule is COc1cc(C(=O)NCCCCNC(=O)CCSCCC(=O)NCCCCNC(=O)c2cc(OC)c(OC)c(OC)c2)cc(OC)c1OC. The maximum Gasteiger partial charge on any atom is 0.251 e. The fourth-order valence-electron chi connectivity index (χ4n) is 4.60. The minimum Gasteiger partial charge on any atom is -0.493 e. The second kappa shape index (κ2) is 22.9. The summed E-state index contributed by atoms with van der Waals surface area (Å²) in [5, 5.41) is 11.5. The Morgan fingerprint density at radius 3 is 1.08 bits per heavy atom. The Labute approximate surface area is 292 Å². The van der Waals surface area contributed by atoms with Crippen molar-refractivity contribution in [2.75, 3.05) is 80.3 Å². The molecule has 0 unspecified atom stereocenters. The smallest absolute Gasteiger partial charge is 0.251 e. The van der Waals surface area contributed by atoms with Crippen LogP contribution in [0.5, 0.6) is 34.5 Å². The van der Waals surface area contributed by atoms with Crippen LogP contribution in [0.1, 0.15) is 59.2 Å². The molecule has 0 saturated carbocycles. The van der Waals surface area contributed by atoms with Crippen molar-refractivity contribution >= 4 is 35.4 Å². The third-order valence-corrected chi connectivity index (χ3v) is 8.21. The number of ether oxygens (including phenoxy) is 6. The lowest BCUT2D eigenvalue weighted by atomic mass is 10.1. The molecule has 0 aliphatic carbocycles. The number of nitrogens with one attached hydrogen (secondary N) is 4. The van der Waals surface area contributed by atoms with Gasteiger partial charge in [0, 0.05) is 61.7 Å². The van der Waals surface area contributed by atoms with Crippen LogP contribution in [0, 0.1) is 0 Å². The first-order valence-electron chi connectivity index (χ1n) is 16.0. The summed E-state index contributed by atoms with van der Waals surface area (Å²) in [6.45, 7) is 1.94. The van der Waals surface area contributed by atoms with Gasteiger partial charge in [-0.15, -0.1) is 0 Å². The lowest BCUT2D eigenvalue weighted by molar-refractivity contribution is -0.121. The molecule has 0 bridgehead atoms. The number of hydrogen-bond acceptors (Lipinski definition) is 11. The number of methoxy groups -OCH3 is 6. The van der Waals surface area contributed by atoms with Crippen LogP contribution in [0.4, 0.5) is 0 Å². The number of unbranched alkanes of at least 4 members (excludes halogenated alkanes) is 2. The first-order chi connectivity index (χ1) is 23.7. The van der Waals surface area contributed by atoms with Gasteiger partial charge in [-0.3, -0.25) is 19.2 Å². The number of benzene rings is 2. The molecule has 0 heterocycles. The summed E-state index contributed by atoms with van der Waals surface area (Å²) < 4.78 is 31.7. The fourth-order valence-corrected chi connectivity index (χ4v) is 5.46. The van der Waals surface area contributed by atoms with Crippen LogP contribution in [-0.2, 0) is 9.59 Å². The zero-order valence-corrected chi connectivity index (χ0v) is 30.1. The summed E-state index contributed by atoms with van der Waals surface area (Å²) in [6, 6.07) is 6.37. The molecule has 0 spiro atoms. The molecule has 2 rings (SSSR count). The van der Waals surface area contributed by atoms with Gasteiger partial charge in [0.05, 0.1) is 42.7 Å². The molecule has 0 aliphatic rings. The van der Waals surface area contributed by atoms with Crippen molar-refractivity contribution in [2.45, 2.75) is 38.5 Å². The molecule has 4 amide bonds. The molecule has 0 radical (unpaired) electrons. The van der Waals surface area contributed by atoms with Gasteiger partial charge in [0.25, 0.3) is 11.8 Å². The predicted molar refractivity (Wildman–Crippen MR) is 188 cm³/mol. The summed E-state index contributed by atoms with van der Waals surface area (Å²) in [5.74, 6) is 3.07. The summed E-state index contributed by atoms with van der Waals surface area (Å²) in [6.07, 6.45) is 3.56. The number of rotatable bonds is 24. The molecule has 4 N–H and O–H groups in total. The minimum atomic E-state index is -0.260. The molecule has 0 aromatic heterocycles. The topological polar surface area (TPSA) is 172 Å². The molecule has 0 atom stereocenters. The summed E-state index contributed by atoms with van der Waals surface area (Å²) in [5.41, 5.74) is 0.789. The normalized spacial score (nSPS) is 10.4. The number of carbonyl (C=O) groups is 4. The van der Waals surface area contributed by atoms with Crippen molar-refractivity contribution in [3.8, 4) is 34.5 Å². The van der Waals surface area contributed by atoms with E-state index in [-0.39, 0.29) is 23.6 Å². The molecule has 49 heavy (non-hydrogen) atoms. The highest BCUT2D eigenvalue weighted by atomic mass is 32.2. The number of carbonyl (C=O) groups excluding carboxylic acids is 4. The molecule has 2 aromatic rings. The van der Waals surface area contributed by atoms with E-state index in [0.717, 1.165) is 0 Å². The molecule has 2 aromatic carbocycles. The number of amides is 4. The Morgan fingerprint density at radius 1 is 0.490 bits per heavy atom. The van der Waals surface area contributed by atoms with Crippen molar-refractivity contribution < 1.29 is 47.6 Å². The van der Waals surface area contributed by atoms with Gasteiger partial charge in [0.15, 0.2) is 23.0 Å². The van der Waals surface area contributed by atoms with E-state index in [1.807, 2.05) is 0 Å². The summed E-state index contributed by atoms with van der Waals surface area (Å²) in [7, 11) is 8.96. The first kappa shape index (κ1) is 40.6. The fraction of sp³-hybridized carbons (Fsp3) is 0.529. The molecule has 15 heteroatoms. The maximum absolute atomic E-state index is 12.6. The van der Waals surface area contributed by atoms with Crippen LogP contribution in [0.3, 0.4) is 0 Å². The Morgan fingerprint density at radius 2 is 0.796 bits per heavy atom. The molecule has 272 valence electrons. The van der Waals surface area contributed by atoms with E-state index in [1.54, 1.807) is 36.0 Å². The standard InChI is InChI=1S/C34H50N4O10S/c1-43-25-19-23(20-26(44-2)31(25)47-5)33(41)37-15-9-7-13-35-29(39)11-17-49-18-12-30(40)36-14-8-10-16-38-34(42)24-21-27(45-3)32(48-6)28(22-24)46-4/h19-22H,7-18H2,1-6H3,(H,35,39)(H,36,40)(H,37,41)(H,38,42). The average Bonchev–Trinajstić information content (AvgIpc) is 3.12. The van der Waals surface area contributed by atoms with Gasteiger partial charge in [0.2, 0.25) is 23.3 Å². The van der Waals surface area contributed by atoms with Crippen LogP contribution >= 0.6 is 11.8 Å². The molecule has 0 fully saturated rings. The van der Waals surface area contributed by atoms with Crippen molar-refractivity contribution in [1.82, 2.24) is 21.3 Å². The molecular weight excluding hydrogens is 656 g/mol. The highest BCUT2D eigenvalue weighted by molar-refractivity contribution is 7.99. The van der Waals surface area contributed by atoms with Crippen LogP contribution < -0.4 is 49.7 Å². The summed E-state index contributed by atoms with van der Waals surface area (Å²) >= 11 is 1.55. The van der Waals surface area contributed by atoms with E-state index >= 15 is 0 Å². The molecule has 14 nitrogen and oxygen atoms in total. The van der Waals surface area contributed by atoms with Gasteiger partial charge in [-0.05, 0) is 49.9 Å². The van der Waals surface area contributed by atoms with Crippen LogP contribution in [0.15, 0.2) is 24.3 Å². The average molecular weight is 707 g/mol. The first-order valence-corrected chi connectivity index (χ1v) is 17.2. The largest absolute Gasteiger partial charge is 0.493 e. The molecular formula is C34H50N4O10S. The predicted octanol–water partition coefficient (Wildman–Crippen LogP) is 3.20. The highest BCUT2D eigenvalue weighted by Crippen LogP contribution is 2.39. The second-order valence-electron chi connectivity index (χ2n) is 10.6. The van der Waals surface area contributed by atoms with E-state index in [4.69, 9.17) is 28.4 Å². The van der Waals surface area contributed by atoms with Crippen molar-refractivity contribution in [3.63, 3.8) is 0 Å². The van der Waals surface area contributed by atoms with Crippen LogP contribution in [0.25, 0.3) is 0 Å². The zero-order chi connectivity index (χ0) is 36.0. The lowest BCUT2D eigenvalue weighted by Crippen LogP contribution is -2.28. The minimum absolute atomic E-state index is 0.0456. The van der Waals surface area contributed by atoms with Gasteiger partial charge < -0.3 is 49.7 Å². The van der Waals surface area contributed by atoms with Gasteiger partial charge in [0.1, 0.15) is 0 Å². The van der Waals surface area contributed by atoms with Crippen molar-refractivity contribution in [3.05, 3.63) is 35.4 Å². The van der Waals surface area contributed by atoms with Gasteiger partial charge >= 0.3 is 0 Å². The Kier molecular flexibility index (Phi) is 19.0. The Bertz CT molecular complexity index is 1220. The lowest BCUT2D eigenvalue weighted by Gasteiger charge is -2.14. The maximum atomic E-state index is 12.6. The zero-order valence-electron chi connectivity index (χ0n) is 29.3. The quantitative estimate of drug-likeness (QED) is 0.118. The Hall–Kier alpha value is -4.53. The third-order valence-electron chi connectivity index (χ3n) is 7.22. The third kappa shape index (κ3) is 13.8. The van der Waals surface area contributed by atoms with E-state index in [1.165, 1.54) is 42.7 Å².